The van der Waals surface area contributed by atoms with E-state index in [0.717, 1.165) is 44.7 Å². The van der Waals surface area contributed by atoms with Gasteiger partial charge in [-0.25, -0.2) is 9.67 Å². The topological polar surface area (TPSA) is 69.0 Å². The van der Waals surface area contributed by atoms with E-state index in [9.17, 15) is 4.79 Å². The number of pyridine rings is 1. The summed E-state index contributed by atoms with van der Waals surface area (Å²) < 4.78 is 7.20. The lowest BCUT2D eigenvalue weighted by Crippen LogP contribution is -2.23. The van der Waals surface area contributed by atoms with Crippen LogP contribution in [0.3, 0.4) is 0 Å². The molecule has 0 saturated heterocycles. The molecular formula is C30H28N4O2. The van der Waals surface area contributed by atoms with Gasteiger partial charge < -0.3 is 10.1 Å². The number of hydrogen-bond acceptors (Lipinski definition) is 4. The van der Waals surface area contributed by atoms with Gasteiger partial charge in [-0.3, -0.25) is 4.79 Å². The van der Waals surface area contributed by atoms with Crippen LogP contribution in [0.1, 0.15) is 32.7 Å². The maximum atomic E-state index is 13.4. The number of nitrogens with zero attached hydrogens (tertiary/aromatic N) is 3. The van der Waals surface area contributed by atoms with E-state index in [1.807, 2.05) is 85.4 Å². The SMILES string of the molecule is COc1cccc(CNC(=O)c2cc(-c3cnn(-c4ccc(C)cc4)c3C)nc3ccc(C)cc23)c1. The second kappa shape index (κ2) is 9.66. The van der Waals surface area contributed by atoms with Crippen molar-refractivity contribution < 1.29 is 9.53 Å². The highest BCUT2D eigenvalue weighted by atomic mass is 16.5. The third-order valence-corrected chi connectivity index (χ3v) is 6.36. The molecule has 180 valence electrons. The number of nitrogens with one attached hydrogen (secondary N) is 1. The summed E-state index contributed by atoms with van der Waals surface area (Å²) in [6.45, 7) is 6.49. The zero-order valence-electron chi connectivity index (χ0n) is 20.9. The Balaban J connectivity index is 1.53. The molecule has 1 amide bonds. The summed E-state index contributed by atoms with van der Waals surface area (Å²) in [6.07, 6.45) is 1.81. The summed E-state index contributed by atoms with van der Waals surface area (Å²) in [4.78, 5) is 18.3. The molecule has 6 nitrogen and oxygen atoms in total. The predicted molar refractivity (Wildman–Crippen MR) is 143 cm³/mol. The Morgan fingerprint density at radius 2 is 1.72 bits per heavy atom. The normalized spacial score (nSPS) is 11.0. The number of rotatable bonds is 6. The van der Waals surface area contributed by atoms with Crippen LogP contribution in [0.25, 0.3) is 27.8 Å². The van der Waals surface area contributed by atoms with E-state index < -0.39 is 0 Å². The first-order chi connectivity index (χ1) is 17.4. The fourth-order valence-corrected chi connectivity index (χ4v) is 4.33. The molecule has 0 radical (unpaired) electrons. The molecule has 5 aromatic rings. The Bertz CT molecular complexity index is 1570. The van der Waals surface area contributed by atoms with Gasteiger partial charge in [-0.05, 0) is 68.8 Å². The van der Waals surface area contributed by atoms with Gasteiger partial charge in [0, 0.05) is 17.5 Å². The first kappa shape index (κ1) is 23.3. The minimum absolute atomic E-state index is 0.152. The molecule has 2 heterocycles. The molecule has 0 atom stereocenters. The summed E-state index contributed by atoms with van der Waals surface area (Å²) in [5.41, 5.74) is 8.14. The molecule has 36 heavy (non-hydrogen) atoms. The fourth-order valence-electron chi connectivity index (χ4n) is 4.33. The molecule has 0 aliphatic rings. The van der Waals surface area contributed by atoms with Gasteiger partial charge in [-0.1, -0.05) is 41.5 Å². The van der Waals surface area contributed by atoms with Crippen LogP contribution < -0.4 is 10.1 Å². The van der Waals surface area contributed by atoms with Gasteiger partial charge in [0.05, 0.1) is 41.5 Å². The van der Waals surface area contributed by atoms with Gasteiger partial charge in [-0.2, -0.15) is 5.10 Å². The third kappa shape index (κ3) is 4.58. The van der Waals surface area contributed by atoms with E-state index in [0.29, 0.717) is 17.8 Å². The highest BCUT2D eigenvalue weighted by Crippen LogP contribution is 2.29. The summed E-state index contributed by atoms with van der Waals surface area (Å²) in [7, 11) is 1.63. The van der Waals surface area contributed by atoms with Crippen LogP contribution in [0.5, 0.6) is 5.75 Å². The largest absolute Gasteiger partial charge is 0.497 e. The highest BCUT2D eigenvalue weighted by Gasteiger charge is 2.18. The van der Waals surface area contributed by atoms with E-state index in [1.165, 1.54) is 5.56 Å². The number of ether oxygens (including phenoxy) is 1. The van der Waals surface area contributed by atoms with Crippen molar-refractivity contribution >= 4 is 16.8 Å². The molecule has 5 rings (SSSR count). The Kier molecular flexibility index (Phi) is 6.25. The van der Waals surface area contributed by atoms with Crippen LogP contribution >= 0.6 is 0 Å². The lowest BCUT2D eigenvalue weighted by molar-refractivity contribution is 0.0952. The quantitative estimate of drug-likeness (QED) is 0.329. The molecule has 0 saturated carbocycles. The maximum Gasteiger partial charge on any atom is 0.252 e. The van der Waals surface area contributed by atoms with Gasteiger partial charge in [0.15, 0.2) is 0 Å². The standard InChI is InChI=1S/C30H28N4O2/c1-19-8-11-23(12-9-19)34-21(3)27(18-32-34)29-16-26(25-14-20(2)10-13-28(25)33-29)30(35)31-17-22-6-5-7-24(15-22)36-4/h5-16,18H,17H2,1-4H3,(H,31,35). The first-order valence-corrected chi connectivity index (χ1v) is 11.9. The number of carbonyl (C=O) groups is 1. The van der Waals surface area contributed by atoms with Gasteiger partial charge in [-0.15, -0.1) is 0 Å². The molecule has 0 aliphatic carbocycles. The van der Waals surface area contributed by atoms with Crippen molar-refractivity contribution in [3.05, 3.63) is 107 Å². The smallest absolute Gasteiger partial charge is 0.252 e. The molecule has 3 aromatic carbocycles. The van der Waals surface area contributed by atoms with Crippen LogP contribution in [0, 0.1) is 20.8 Å². The number of fused-ring (bicyclic) bond motifs is 1. The minimum atomic E-state index is -0.152. The molecule has 0 spiro atoms. The predicted octanol–water partition coefficient (Wildman–Crippen LogP) is 5.95. The summed E-state index contributed by atoms with van der Waals surface area (Å²) >= 11 is 0. The van der Waals surface area contributed by atoms with E-state index in [1.54, 1.807) is 7.11 Å². The van der Waals surface area contributed by atoms with Crippen molar-refractivity contribution in [2.45, 2.75) is 27.3 Å². The number of carbonyl (C=O) groups excluding carboxylic acids is 1. The summed E-state index contributed by atoms with van der Waals surface area (Å²) in [5, 5.41) is 8.51. The molecule has 0 bridgehead atoms. The van der Waals surface area contributed by atoms with Crippen molar-refractivity contribution in [3.63, 3.8) is 0 Å². The van der Waals surface area contributed by atoms with Crippen LogP contribution in [0.15, 0.2) is 79.0 Å². The Morgan fingerprint density at radius 1 is 0.944 bits per heavy atom. The number of aryl methyl sites for hydroxylation is 2. The van der Waals surface area contributed by atoms with E-state index in [-0.39, 0.29) is 5.91 Å². The molecular weight excluding hydrogens is 448 g/mol. The monoisotopic (exact) mass is 476 g/mol. The highest BCUT2D eigenvalue weighted by molar-refractivity contribution is 6.07. The third-order valence-electron chi connectivity index (χ3n) is 6.36. The molecule has 0 unspecified atom stereocenters. The van der Waals surface area contributed by atoms with Crippen molar-refractivity contribution in [2.75, 3.05) is 7.11 Å². The second-order valence-corrected chi connectivity index (χ2v) is 9.00. The van der Waals surface area contributed by atoms with Crippen LogP contribution in [-0.4, -0.2) is 27.8 Å². The van der Waals surface area contributed by atoms with Gasteiger partial charge in [0.1, 0.15) is 5.75 Å². The van der Waals surface area contributed by atoms with Crippen LogP contribution in [0.4, 0.5) is 0 Å². The van der Waals surface area contributed by atoms with Crippen molar-refractivity contribution in [2.24, 2.45) is 0 Å². The Labute approximate surface area is 210 Å². The molecule has 0 aliphatic heterocycles. The molecule has 1 N–H and O–H groups in total. The van der Waals surface area contributed by atoms with Gasteiger partial charge >= 0.3 is 0 Å². The molecule has 2 aromatic heterocycles. The van der Waals surface area contributed by atoms with Gasteiger partial charge in [0.25, 0.3) is 5.91 Å². The van der Waals surface area contributed by atoms with Gasteiger partial charge in [0.2, 0.25) is 0 Å². The second-order valence-electron chi connectivity index (χ2n) is 9.00. The lowest BCUT2D eigenvalue weighted by Gasteiger charge is -2.12. The number of amides is 1. The summed E-state index contributed by atoms with van der Waals surface area (Å²) in [5.74, 6) is 0.607. The number of methoxy groups -OCH3 is 1. The lowest BCUT2D eigenvalue weighted by atomic mass is 10.0. The molecule has 6 heteroatoms. The number of benzene rings is 3. The zero-order chi connectivity index (χ0) is 25.2. The van der Waals surface area contributed by atoms with Crippen LogP contribution in [0.2, 0.25) is 0 Å². The van der Waals surface area contributed by atoms with E-state index in [2.05, 4.69) is 29.5 Å². The Hall–Kier alpha value is -4.45. The van der Waals surface area contributed by atoms with Crippen LogP contribution in [-0.2, 0) is 6.54 Å². The average Bonchev–Trinajstić information content (AvgIpc) is 3.28. The number of aromatic nitrogens is 3. The zero-order valence-corrected chi connectivity index (χ0v) is 20.9. The fraction of sp³-hybridized carbons (Fsp3) is 0.167. The Morgan fingerprint density at radius 3 is 2.50 bits per heavy atom. The van der Waals surface area contributed by atoms with Crippen molar-refractivity contribution in [1.29, 1.82) is 0 Å². The first-order valence-electron chi connectivity index (χ1n) is 11.9. The van der Waals surface area contributed by atoms with E-state index >= 15 is 0 Å². The van der Waals surface area contributed by atoms with E-state index in [4.69, 9.17) is 9.72 Å². The number of hydrogen-bond donors (Lipinski definition) is 1. The summed E-state index contributed by atoms with van der Waals surface area (Å²) in [6, 6.07) is 23.8. The average molecular weight is 477 g/mol. The minimum Gasteiger partial charge on any atom is -0.497 e. The van der Waals surface area contributed by atoms with Crippen molar-refractivity contribution in [1.82, 2.24) is 20.1 Å². The van der Waals surface area contributed by atoms with Crippen molar-refractivity contribution in [3.8, 4) is 22.7 Å². The maximum absolute atomic E-state index is 13.4. The molecule has 0 fully saturated rings.